The molecule has 6 N–H and O–H groups in total. The van der Waals surface area contributed by atoms with Crippen LogP contribution < -0.4 is 22.1 Å². The molecule has 38 heavy (non-hydrogen) atoms. The average Bonchev–Trinajstić information content (AvgIpc) is 3.26. The zero-order valence-electron chi connectivity index (χ0n) is 23.7. The number of unbranched alkanes of at least 4 members (excludes halogenated alkanes) is 1. The summed E-state index contributed by atoms with van der Waals surface area (Å²) < 4.78 is 13.3. The van der Waals surface area contributed by atoms with Crippen LogP contribution in [0.3, 0.4) is 0 Å². The Labute approximate surface area is 228 Å². The molecular weight excluding hydrogens is 479 g/mol. The van der Waals surface area contributed by atoms with E-state index < -0.39 is 25.1 Å². The summed E-state index contributed by atoms with van der Waals surface area (Å²) in [7, 11) is -0.613. The van der Waals surface area contributed by atoms with Crippen LogP contribution in [0.5, 0.6) is 0 Å². The number of hydrogen-bond acceptors (Lipinski definition) is 6. The molecule has 2 amide bonds. The van der Waals surface area contributed by atoms with Crippen LogP contribution in [0.15, 0.2) is 30.3 Å². The molecule has 1 aliphatic heterocycles. The van der Waals surface area contributed by atoms with Crippen LogP contribution in [-0.4, -0.2) is 49.3 Å². The standard InChI is InChI=1S/C29H47BN4O4/c1-6-18(2)24(33-26(35)21(32)14-10-11-15-31)27(36)34-25(19-12-8-7-9-13-19)30-37-23-17-20-16-22(28(20,3)4)29(23,5)38-30/h7-9,12-13,18,20-25H,6,10-11,14-17,31-32H2,1-5H3,(H,33,35)(H,34,36)/t18?,20-,21+,22-,23+,24+,25+,29-/m1/s1. The van der Waals surface area contributed by atoms with Gasteiger partial charge < -0.3 is 31.4 Å². The van der Waals surface area contributed by atoms with Crippen molar-refractivity contribution in [2.24, 2.45) is 34.6 Å². The highest BCUT2D eigenvalue weighted by Gasteiger charge is 2.68. The van der Waals surface area contributed by atoms with E-state index in [0.29, 0.717) is 24.8 Å². The summed E-state index contributed by atoms with van der Waals surface area (Å²) >= 11 is 0. The van der Waals surface area contributed by atoms with E-state index in [1.54, 1.807) is 0 Å². The van der Waals surface area contributed by atoms with Crippen molar-refractivity contribution in [1.82, 2.24) is 10.6 Å². The number of benzene rings is 1. The Morgan fingerprint density at radius 2 is 1.82 bits per heavy atom. The monoisotopic (exact) mass is 526 g/mol. The van der Waals surface area contributed by atoms with Crippen molar-refractivity contribution in [3.63, 3.8) is 0 Å². The van der Waals surface area contributed by atoms with Crippen molar-refractivity contribution in [2.45, 2.75) is 103 Å². The Morgan fingerprint density at radius 3 is 2.45 bits per heavy atom. The molecule has 8 nitrogen and oxygen atoms in total. The Balaban J connectivity index is 1.52. The molecule has 0 spiro atoms. The van der Waals surface area contributed by atoms with Gasteiger partial charge in [-0.15, -0.1) is 0 Å². The molecule has 5 rings (SSSR count). The zero-order valence-corrected chi connectivity index (χ0v) is 23.7. The van der Waals surface area contributed by atoms with E-state index in [9.17, 15) is 9.59 Å². The minimum absolute atomic E-state index is 0.00368. The van der Waals surface area contributed by atoms with E-state index in [4.69, 9.17) is 20.8 Å². The largest absolute Gasteiger partial charge is 0.486 e. The number of carbonyl (C=O) groups excluding carboxylic acids is 2. The third kappa shape index (κ3) is 5.53. The first kappa shape index (κ1) is 29.1. The Bertz CT molecular complexity index is 979. The van der Waals surface area contributed by atoms with Gasteiger partial charge in [0.15, 0.2) is 0 Å². The molecule has 1 aromatic carbocycles. The van der Waals surface area contributed by atoms with Gasteiger partial charge in [-0.05, 0) is 67.9 Å². The number of nitrogens with one attached hydrogen (secondary N) is 2. The summed E-state index contributed by atoms with van der Waals surface area (Å²) in [6.07, 6.45) is 4.99. The first-order valence-corrected chi connectivity index (χ1v) is 14.5. The topological polar surface area (TPSA) is 129 Å². The van der Waals surface area contributed by atoms with Crippen molar-refractivity contribution in [2.75, 3.05) is 6.54 Å². The lowest BCUT2D eigenvalue weighted by molar-refractivity contribution is -0.199. The van der Waals surface area contributed by atoms with E-state index in [0.717, 1.165) is 37.7 Å². The van der Waals surface area contributed by atoms with Gasteiger partial charge in [-0.1, -0.05) is 70.9 Å². The fraction of sp³-hybridized carbons (Fsp3) is 0.724. The Morgan fingerprint density at radius 1 is 1.11 bits per heavy atom. The second-order valence-corrected chi connectivity index (χ2v) is 12.5. The van der Waals surface area contributed by atoms with Crippen molar-refractivity contribution >= 4 is 18.9 Å². The van der Waals surface area contributed by atoms with Crippen molar-refractivity contribution in [1.29, 1.82) is 0 Å². The number of nitrogens with two attached hydrogens (primary N) is 2. The van der Waals surface area contributed by atoms with Gasteiger partial charge in [0, 0.05) is 0 Å². The molecule has 1 saturated heterocycles. The van der Waals surface area contributed by atoms with E-state index in [1.165, 1.54) is 0 Å². The Kier molecular flexibility index (Phi) is 8.92. The second-order valence-electron chi connectivity index (χ2n) is 12.5. The quantitative estimate of drug-likeness (QED) is 0.245. The van der Waals surface area contributed by atoms with E-state index in [1.807, 2.05) is 44.2 Å². The second kappa shape index (κ2) is 11.7. The third-order valence-electron chi connectivity index (χ3n) is 9.80. The van der Waals surface area contributed by atoms with Crippen molar-refractivity contribution in [3.8, 4) is 0 Å². The van der Waals surface area contributed by atoms with Gasteiger partial charge in [0.1, 0.15) is 6.04 Å². The number of amides is 2. The molecule has 210 valence electrons. The molecule has 4 aliphatic rings. The van der Waals surface area contributed by atoms with Gasteiger partial charge in [0.05, 0.1) is 23.7 Å². The van der Waals surface area contributed by atoms with Crippen LogP contribution >= 0.6 is 0 Å². The molecule has 4 fully saturated rings. The Hall–Kier alpha value is -1.94. The fourth-order valence-electron chi connectivity index (χ4n) is 6.85. The van der Waals surface area contributed by atoms with Gasteiger partial charge in [0.25, 0.3) is 0 Å². The van der Waals surface area contributed by atoms with Gasteiger partial charge in [-0.3, -0.25) is 9.59 Å². The fourth-order valence-corrected chi connectivity index (χ4v) is 6.85. The van der Waals surface area contributed by atoms with Gasteiger partial charge in [-0.25, -0.2) is 0 Å². The summed E-state index contributed by atoms with van der Waals surface area (Å²) in [5.74, 6) is -0.0981. The van der Waals surface area contributed by atoms with Gasteiger partial charge in [0.2, 0.25) is 11.8 Å². The smallest absolute Gasteiger partial charge is 0.404 e. The molecule has 0 radical (unpaired) electrons. The number of hydrogen-bond donors (Lipinski definition) is 4. The molecule has 0 aromatic heterocycles. The van der Waals surface area contributed by atoms with Crippen LogP contribution in [0.2, 0.25) is 0 Å². The van der Waals surface area contributed by atoms with Crippen molar-refractivity contribution < 1.29 is 18.9 Å². The molecule has 8 atom stereocenters. The maximum absolute atomic E-state index is 13.8. The highest BCUT2D eigenvalue weighted by molar-refractivity contribution is 6.47. The van der Waals surface area contributed by atoms with Gasteiger partial charge >= 0.3 is 7.12 Å². The lowest BCUT2D eigenvalue weighted by Gasteiger charge is -2.64. The third-order valence-corrected chi connectivity index (χ3v) is 9.80. The summed E-state index contributed by atoms with van der Waals surface area (Å²) in [6.45, 7) is 11.4. The van der Waals surface area contributed by atoms with Crippen molar-refractivity contribution in [3.05, 3.63) is 35.9 Å². The summed E-state index contributed by atoms with van der Waals surface area (Å²) in [6, 6.07) is 8.42. The summed E-state index contributed by atoms with van der Waals surface area (Å²) in [5.41, 5.74) is 12.5. The van der Waals surface area contributed by atoms with Gasteiger partial charge in [-0.2, -0.15) is 0 Å². The highest BCUT2D eigenvalue weighted by atomic mass is 16.7. The molecule has 9 heteroatoms. The first-order valence-electron chi connectivity index (χ1n) is 14.5. The van der Waals surface area contributed by atoms with E-state index in [2.05, 4.69) is 31.4 Å². The van der Waals surface area contributed by atoms with Crippen LogP contribution in [0.25, 0.3) is 0 Å². The number of carbonyl (C=O) groups is 2. The van der Waals surface area contributed by atoms with Crippen LogP contribution in [-0.2, 0) is 18.9 Å². The maximum Gasteiger partial charge on any atom is 0.486 e. The van der Waals surface area contributed by atoms with Crippen LogP contribution in [0.1, 0.15) is 84.6 Å². The lowest BCUT2D eigenvalue weighted by atomic mass is 9.43. The average molecular weight is 527 g/mol. The van der Waals surface area contributed by atoms with Crippen LogP contribution in [0.4, 0.5) is 0 Å². The molecule has 3 saturated carbocycles. The molecule has 1 unspecified atom stereocenters. The molecule has 2 bridgehead atoms. The molecule has 1 heterocycles. The predicted molar refractivity (Wildman–Crippen MR) is 150 cm³/mol. The highest BCUT2D eigenvalue weighted by Crippen LogP contribution is 2.66. The summed E-state index contributed by atoms with van der Waals surface area (Å²) in [4.78, 5) is 26.7. The zero-order chi connectivity index (χ0) is 27.7. The minimum atomic E-state index is -0.717. The van der Waals surface area contributed by atoms with E-state index in [-0.39, 0.29) is 34.9 Å². The molecular formula is C29H47BN4O4. The SMILES string of the molecule is CCC(C)[C@H](NC(=O)[C@@H](N)CCCCN)C(=O)N[C@H](B1O[C@H]2C[C@H]3C[C@H](C3(C)C)[C@@]2(C)O1)c1ccccc1. The maximum atomic E-state index is 13.8. The molecule has 1 aromatic rings. The van der Waals surface area contributed by atoms with E-state index >= 15 is 0 Å². The lowest BCUT2D eigenvalue weighted by Crippen LogP contribution is -2.65. The minimum Gasteiger partial charge on any atom is -0.404 e. The summed E-state index contributed by atoms with van der Waals surface area (Å²) in [5, 5.41) is 6.14. The first-order chi connectivity index (χ1) is 18.0. The number of rotatable bonds is 12. The molecule has 3 aliphatic carbocycles. The predicted octanol–water partition coefficient (Wildman–Crippen LogP) is 3.10. The normalized spacial score (nSPS) is 30.4. The van der Waals surface area contributed by atoms with Crippen LogP contribution in [0, 0.1) is 23.2 Å².